The number of piperidine rings is 2. The lowest BCUT2D eigenvalue weighted by atomic mass is 10.0. The highest BCUT2D eigenvalue weighted by atomic mass is 16.5. The number of ether oxygens (including phenoxy) is 2. The molecule has 0 aromatic carbocycles. The average Bonchev–Trinajstić information content (AvgIpc) is 3.20. The van der Waals surface area contributed by atoms with Crippen molar-refractivity contribution in [2.75, 3.05) is 53.5 Å². The van der Waals surface area contributed by atoms with Gasteiger partial charge in [-0.3, -0.25) is 24.5 Å². The molecule has 3 N–H and O–H groups in total. The highest BCUT2D eigenvalue weighted by molar-refractivity contribution is 5.76. The molecule has 13 nitrogen and oxygen atoms in total. The summed E-state index contributed by atoms with van der Waals surface area (Å²) in [7, 11) is 3.22. The van der Waals surface area contributed by atoms with E-state index >= 15 is 0 Å². The fraction of sp³-hybridized carbons (Fsp3) is 0.475. The molecule has 2 aliphatic rings. The van der Waals surface area contributed by atoms with Crippen molar-refractivity contribution >= 4 is 22.1 Å². The summed E-state index contributed by atoms with van der Waals surface area (Å²) in [6.45, 7) is 10.0. The predicted octanol–water partition coefficient (Wildman–Crippen LogP) is 3.44. The predicted molar refractivity (Wildman–Crippen MR) is 209 cm³/mol. The van der Waals surface area contributed by atoms with E-state index in [1.807, 2.05) is 18.3 Å². The second-order valence-electron chi connectivity index (χ2n) is 13.9. The summed E-state index contributed by atoms with van der Waals surface area (Å²) in [6, 6.07) is 15.6. The number of nitrogens with one attached hydrogen (secondary N) is 1. The van der Waals surface area contributed by atoms with E-state index in [0.717, 1.165) is 106 Å². The minimum atomic E-state index is -0.00346. The number of fused-ring (bicyclic) bond motifs is 2. The Hall–Kier alpha value is -4.69. The fourth-order valence-electron chi connectivity index (χ4n) is 7.02. The van der Waals surface area contributed by atoms with E-state index in [9.17, 15) is 9.59 Å². The van der Waals surface area contributed by atoms with E-state index in [4.69, 9.17) is 15.2 Å². The number of hydrogen-bond acceptors (Lipinski definition) is 11. The fourth-order valence-corrected chi connectivity index (χ4v) is 7.02. The third-order valence-electron chi connectivity index (χ3n) is 10.5. The Kier molecular flexibility index (Phi) is 13.2. The smallest absolute Gasteiger partial charge is 0.251 e. The van der Waals surface area contributed by atoms with Crippen LogP contribution >= 0.6 is 0 Å². The number of methoxy groups -OCH3 is 2. The van der Waals surface area contributed by atoms with Gasteiger partial charge in [0.2, 0.25) is 0 Å². The molecule has 282 valence electrons. The quantitative estimate of drug-likeness (QED) is 0.195. The zero-order valence-electron chi connectivity index (χ0n) is 31.2. The van der Waals surface area contributed by atoms with Crippen LogP contribution in [0.2, 0.25) is 0 Å². The van der Waals surface area contributed by atoms with Crippen LogP contribution in [0.15, 0.2) is 76.7 Å². The number of likely N-dealkylation sites (tertiary alicyclic amines) is 2. The van der Waals surface area contributed by atoms with Gasteiger partial charge in [-0.25, -0.2) is 0 Å². The van der Waals surface area contributed by atoms with E-state index in [1.54, 1.807) is 60.0 Å². The maximum absolute atomic E-state index is 12.5. The molecule has 0 unspecified atom stereocenters. The van der Waals surface area contributed by atoms with Gasteiger partial charge in [0.05, 0.1) is 54.4 Å². The van der Waals surface area contributed by atoms with Crippen LogP contribution in [-0.2, 0) is 26.1 Å². The van der Waals surface area contributed by atoms with Crippen molar-refractivity contribution in [3.05, 3.63) is 99.1 Å². The van der Waals surface area contributed by atoms with Crippen molar-refractivity contribution < 1.29 is 9.47 Å². The Morgan fingerprint density at radius 1 is 0.698 bits per heavy atom. The molecule has 0 saturated carbocycles. The first kappa shape index (κ1) is 38.0. The molecule has 2 fully saturated rings. The number of nitrogens with two attached hydrogens (primary N) is 1. The monoisotopic (exact) mass is 723 g/mol. The van der Waals surface area contributed by atoms with Crippen LogP contribution in [0, 0.1) is 0 Å². The average molecular weight is 724 g/mol. The highest BCUT2D eigenvalue weighted by Gasteiger charge is 2.20. The Morgan fingerprint density at radius 3 is 1.70 bits per heavy atom. The minimum Gasteiger partial charge on any atom is -0.495 e. The lowest BCUT2D eigenvalue weighted by Crippen LogP contribution is -2.43. The van der Waals surface area contributed by atoms with Gasteiger partial charge in [-0.15, -0.1) is 0 Å². The topological polar surface area (TPSA) is 146 Å². The summed E-state index contributed by atoms with van der Waals surface area (Å²) in [6.07, 6.45) is 10.6. The molecule has 2 saturated heterocycles. The molecule has 0 bridgehead atoms. The van der Waals surface area contributed by atoms with E-state index in [0.29, 0.717) is 36.7 Å². The normalized spacial score (nSPS) is 16.1. The van der Waals surface area contributed by atoms with E-state index in [-0.39, 0.29) is 11.1 Å². The van der Waals surface area contributed by atoms with Crippen LogP contribution in [0.3, 0.4) is 0 Å². The first-order valence-corrected chi connectivity index (χ1v) is 18.8. The van der Waals surface area contributed by atoms with E-state index in [2.05, 4.69) is 49.1 Å². The van der Waals surface area contributed by atoms with Gasteiger partial charge in [0.15, 0.2) is 0 Å². The summed E-state index contributed by atoms with van der Waals surface area (Å²) in [4.78, 5) is 42.8. The number of rotatable bonds is 12. The third kappa shape index (κ3) is 10.0. The molecule has 5 aromatic heterocycles. The molecule has 0 amide bonds. The summed E-state index contributed by atoms with van der Waals surface area (Å²) in [5, 5.41) is 3.65. The molecular weight excluding hydrogens is 670 g/mol. The van der Waals surface area contributed by atoms with Crippen molar-refractivity contribution in [2.45, 2.75) is 70.7 Å². The molecule has 0 aliphatic carbocycles. The van der Waals surface area contributed by atoms with Gasteiger partial charge in [0.1, 0.15) is 11.5 Å². The molecule has 53 heavy (non-hydrogen) atoms. The maximum atomic E-state index is 12.5. The van der Waals surface area contributed by atoms with Crippen molar-refractivity contribution in [2.24, 2.45) is 5.73 Å². The van der Waals surface area contributed by atoms with Crippen LogP contribution in [-0.4, -0.2) is 99.5 Å². The van der Waals surface area contributed by atoms with Crippen molar-refractivity contribution in [3.63, 3.8) is 0 Å². The molecule has 2 aliphatic heterocycles. The number of hydrogen-bond donors (Lipinski definition) is 2. The molecule has 0 radical (unpaired) electrons. The zero-order valence-corrected chi connectivity index (χ0v) is 31.2. The van der Waals surface area contributed by atoms with Gasteiger partial charge in [0.25, 0.3) is 11.1 Å². The molecule has 5 aromatic rings. The summed E-state index contributed by atoms with van der Waals surface area (Å²) >= 11 is 0. The van der Waals surface area contributed by atoms with Crippen molar-refractivity contribution in [3.8, 4) is 11.5 Å². The Balaban J connectivity index is 0.000000192. The van der Waals surface area contributed by atoms with E-state index in [1.165, 1.54) is 5.56 Å². The number of nitrogens with zero attached hydrogens (tertiary/aromatic N) is 7. The van der Waals surface area contributed by atoms with Gasteiger partial charge in [-0.1, -0.05) is 13.0 Å². The zero-order chi connectivity index (χ0) is 37.2. The standard InChI is InChI=1S/C24H31N5O2.C16H22N4O2/c1-3-18-4-5-20(25-15-18)16-26-19-8-10-28(11-9-19)12-13-29-23-14-21(31-2)17-27-22(23)6-7-24(29)30;1-22-13-10-15-14(18-11-13)2-3-16(21)20(15)9-8-19-6-4-12(17)5-7-19/h4-7,14-15,17,19,26H,3,8-13,16H2,1-2H3;2-3,10-12H,4-9,17H2,1H3. The maximum Gasteiger partial charge on any atom is 0.251 e. The molecule has 0 spiro atoms. The van der Waals surface area contributed by atoms with Crippen LogP contribution in [0.1, 0.15) is 43.9 Å². The molecule has 13 heteroatoms. The van der Waals surface area contributed by atoms with Crippen LogP contribution < -0.4 is 31.6 Å². The summed E-state index contributed by atoms with van der Waals surface area (Å²) in [5.74, 6) is 1.33. The Bertz CT molecular complexity index is 2050. The van der Waals surface area contributed by atoms with Crippen molar-refractivity contribution in [1.29, 1.82) is 0 Å². The van der Waals surface area contributed by atoms with Crippen molar-refractivity contribution in [1.82, 2.24) is 39.2 Å². The summed E-state index contributed by atoms with van der Waals surface area (Å²) < 4.78 is 14.1. The molecule has 7 heterocycles. The van der Waals surface area contributed by atoms with Crippen LogP contribution in [0.5, 0.6) is 11.5 Å². The number of aromatic nitrogens is 5. The molecular formula is C40H53N9O4. The Morgan fingerprint density at radius 2 is 1.23 bits per heavy atom. The number of pyridine rings is 5. The van der Waals surface area contributed by atoms with Gasteiger partial charge in [-0.05, 0) is 82.0 Å². The van der Waals surface area contributed by atoms with Crippen LogP contribution in [0.25, 0.3) is 22.1 Å². The van der Waals surface area contributed by atoms with E-state index < -0.39 is 0 Å². The Labute approximate surface area is 310 Å². The highest BCUT2D eigenvalue weighted by Crippen LogP contribution is 2.19. The first-order valence-electron chi connectivity index (χ1n) is 18.8. The van der Waals surface area contributed by atoms with Gasteiger partial charge in [-0.2, -0.15) is 0 Å². The number of aryl methyl sites for hydroxylation is 1. The summed E-state index contributed by atoms with van der Waals surface area (Å²) in [5.41, 5.74) is 11.6. The van der Waals surface area contributed by atoms with Gasteiger partial charge >= 0.3 is 0 Å². The lowest BCUT2D eigenvalue weighted by molar-refractivity contribution is 0.191. The minimum absolute atomic E-state index is 0.000646. The second-order valence-corrected chi connectivity index (χ2v) is 13.9. The van der Waals surface area contributed by atoms with Gasteiger partial charge < -0.3 is 39.5 Å². The lowest BCUT2D eigenvalue weighted by Gasteiger charge is -2.32. The first-order chi connectivity index (χ1) is 25.8. The van der Waals surface area contributed by atoms with Gasteiger partial charge in [0, 0.05) is 75.3 Å². The molecule has 7 rings (SSSR count). The second kappa shape index (κ2) is 18.4. The largest absolute Gasteiger partial charge is 0.495 e. The molecule has 0 atom stereocenters. The SMILES string of the molecule is CCc1ccc(CNC2CCN(CCn3c(=O)ccc4ncc(OC)cc43)CC2)nc1.COc1cnc2ccc(=O)n(CCN3CCC(N)CC3)c2c1. The van der Waals surface area contributed by atoms with Crippen LogP contribution in [0.4, 0.5) is 0 Å². The third-order valence-corrected chi connectivity index (χ3v) is 10.5.